The number of nitrogens with two attached hydrogens (primary N) is 1. The van der Waals surface area contributed by atoms with Crippen LogP contribution in [0.3, 0.4) is 0 Å². The number of carbonyl (C=O) groups is 1. The Balaban J connectivity index is 1.82. The Hall–Kier alpha value is -2.13. The maximum Gasteiger partial charge on any atom is 0.224 e. The normalized spacial score (nSPS) is 11.9. The molecule has 0 radical (unpaired) electrons. The van der Waals surface area contributed by atoms with E-state index in [9.17, 15) is 4.79 Å². The predicted octanol–water partition coefficient (Wildman–Crippen LogP) is 2.78. The molecule has 21 heavy (non-hydrogen) atoms. The van der Waals surface area contributed by atoms with E-state index in [4.69, 9.17) is 5.73 Å². The van der Waals surface area contributed by atoms with Gasteiger partial charge in [-0.05, 0) is 17.5 Å². The molecule has 0 spiro atoms. The third-order valence-electron chi connectivity index (χ3n) is 3.63. The molecule has 0 aliphatic heterocycles. The molecular weight excluding hydrogens is 260 g/mol. The molecule has 0 aliphatic rings. The largest absolute Gasteiger partial charge is 0.345 e. The molecule has 2 rings (SSSR count). The Kier molecular flexibility index (Phi) is 5.52. The number of carbonyl (C=O) groups excluding carboxylic acids is 1. The Bertz CT molecular complexity index is 554. The quantitative estimate of drug-likeness (QED) is 0.885. The van der Waals surface area contributed by atoms with E-state index >= 15 is 0 Å². The van der Waals surface area contributed by atoms with Gasteiger partial charge in [-0.1, -0.05) is 60.7 Å². The summed E-state index contributed by atoms with van der Waals surface area (Å²) in [7, 11) is 1.84. The molecule has 0 bridgehead atoms. The molecule has 3 nitrogen and oxygen atoms in total. The van der Waals surface area contributed by atoms with Crippen LogP contribution in [0.15, 0.2) is 60.7 Å². The highest BCUT2D eigenvalue weighted by molar-refractivity contribution is 5.76. The van der Waals surface area contributed by atoms with Gasteiger partial charge in [-0.25, -0.2) is 0 Å². The minimum Gasteiger partial charge on any atom is -0.345 e. The summed E-state index contributed by atoms with van der Waals surface area (Å²) in [5.41, 5.74) is 8.34. The molecule has 0 saturated carbocycles. The highest BCUT2D eigenvalue weighted by Crippen LogP contribution is 2.14. The molecule has 2 N–H and O–H groups in total. The van der Waals surface area contributed by atoms with Crippen molar-refractivity contribution >= 4 is 5.91 Å². The second-order valence-electron chi connectivity index (χ2n) is 5.27. The molecule has 1 atom stereocenters. The third kappa shape index (κ3) is 4.72. The van der Waals surface area contributed by atoms with Crippen LogP contribution in [0.2, 0.25) is 0 Å². The molecule has 1 unspecified atom stereocenters. The van der Waals surface area contributed by atoms with E-state index in [0.29, 0.717) is 13.0 Å². The third-order valence-corrected chi connectivity index (χ3v) is 3.63. The molecule has 0 saturated heterocycles. The molecule has 0 aliphatic carbocycles. The molecule has 2 aromatic carbocycles. The summed E-state index contributed by atoms with van der Waals surface area (Å²) in [4.78, 5) is 14.0. The van der Waals surface area contributed by atoms with Gasteiger partial charge in [0.15, 0.2) is 0 Å². The number of hydrogen-bond acceptors (Lipinski definition) is 2. The van der Waals surface area contributed by atoms with Crippen molar-refractivity contribution in [1.82, 2.24) is 4.90 Å². The van der Waals surface area contributed by atoms with Crippen LogP contribution in [0.1, 0.15) is 23.6 Å². The van der Waals surface area contributed by atoms with Crippen LogP contribution in [0.4, 0.5) is 0 Å². The van der Waals surface area contributed by atoms with E-state index in [-0.39, 0.29) is 11.9 Å². The summed E-state index contributed by atoms with van der Waals surface area (Å²) in [5, 5.41) is 0. The molecule has 0 aromatic heterocycles. The molecule has 3 heteroatoms. The Morgan fingerprint density at radius 1 is 1.05 bits per heavy atom. The Labute approximate surface area is 126 Å². The average Bonchev–Trinajstić information content (AvgIpc) is 2.54. The fraction of sp³-hybridized carbons (Fsp3) is 0.278. The van der Waals surface area contributed by atoms with Crippen LogP contribution in [-0.2, 0) is 11.2 Å². The van der Waals surface area contributed by atoms with E-state index in [1.54, 1.807) is 4.90 Å². The van der Waals surface area contributed by atoms with Crippen molar-refractivity contribution in [2.75, 3.05) is 13.6 Å². The number of rotatable bonds is 6. The van der Waals surface area contributed by atoms with Gasteiger partial charge in [0, 0.05) is 26.1 Å². The van der Waals surface area contributed by atoms with Gasteiger partial charge >= 0.3 is 0 Å². The molecule has 1 amide bonds. The van der Waals surface area contributed by atoms with Gasteiger partial charge in [-0.15, -0.1) is 0 Å². The van der Waals surface area contributed by atoms with E-state index in [2.05, 4.69) is 12.1 Å². The number of likely N-dealkylation sites (N-methyl/N-ethyl adjacent to an activating group) is 1. The first kappa shape index (κ1) is 15.3. The first-order valence-electron chi connectivity index (χ1n) is 7.25. The first-order valence-corrected chi connectivity index (χ1v) is 7.25. The van der Waals surface area contributed by atoms with E-state index in [1.165, 1.54) is 5.56 Å². The lowest BCUT2D eigenvalue weighted by Crippen LogP contribution is -2.31. The van der Waals surface area contributed by atoms with Crippen LogP contribution in [0.5, 0.6) is 0 Å². The van der Waals surface area contributed by atoms with Crippen molar-refractivity contribution < 1.29 is 4.79 Å². The van der Waals surface area contributed by atoms with Gasteiger partial charge in [0.2, 0.25) is 5.91 Å². The van der Waals surface area contributed by atoms with Gasteiger partial charge in [0.25, 0.3) is 0 Å². The number of benzene rings is 2. The van der Waals surface area contributed by atoms with E-state index in [1.807, 2.05) is 55.6 Å². The zero-order valence-electron chi connectivity index (χ0n) is 12.4. The van der Waals surface area contributed by atoms with Gasteiger partial charge in [-0.2, -0.15) is 0 Å². The van der Waals surface area contributed by atoms with Crippen molar-refractivity contribution in [3.05, 3.63) is 71.8 Å². The minimum absolute atomic E-state index is 0.0854. The monoisotopic (exact) mass is 282 g/mol. The van der Waals surface area contributed by atoms with Crippen LogP contribution in [0.25, 0.3) is 0 Å². The number of hydrogen-bond donors (Lipinski definition) is 1. The summed E-state index contributed by atoms with van der Waals surface area (Å²) < 4.78 is 0. The highest BCUT2D eigenvalue weighted by Gasteiger charge is 2.14. The highest BCUT2D eigenvalue weighted by atomic mass is 16.2. The summed E-state index contributed by atoms with van der Waals surface area (Å²) >= 11 is 0. The van der Waals surface area contributed by atoms with Crippen molar-refractivity contribution in [2.45, 2.75) is 18.9 Å². The summed E-state index contributed by atoms with van der Waals surface area (Å²) in [6.45, 7) is 0.713. The molecule has 110 valence electrons. The summed E-state index contributed by atoms with van der Waals surface area (Å²) in [6, 6.07) is 19.7. The first-order chi connectivity index (χ1) is 10.2. The molecule has 0 heterocycles. The van der Waals surface area contributed by atoms with Crippen LogP contribution >= 0.6 is 0 Å². The van der Waals surface area contributed by atoms with Crippen LogP contribution in [-0.4, -0.2) is 24.4 Å². The van der Waals surface area contributed by atoms with Crippen LogP contribution in [0, 0.1) is 0 Å². The number of amides is 1. The lowest BCUT2D eigenvalue weighted by molar-refractivity contribution is -0.130. The fourth-order valence-electron chi connectivity index (χ4n) is 2.23. The summed E-state index contributed by atoms with van der Waals surface area (Å²) in [6.07, 6.45) is 1.21. The van der Waals surface area contributed by atoms with Gasteiger partial charge in [0.05, 0.1) is 0 Å². The molecular formula is C18H22N2O. The zero-order chi connectivity index (χ0) is 15.1. The van der Waals surface area contributed by atoms with Gasteiger partial charge < -0.3 is 10.6 Å². The smallest absolute Gasteiger partial charge is 0.224 e. The van der Waals surface area contributed by atoms with Crippen molar-refractivity contribution in [2.24, 2.45) is 5.73 Å². The summed E-state index contributed by atoms with van der Waals surface area (Å²) in [5.74, 6) is 0.0854. The maximum atomic E-state index is 12.2. The van der Waals surface area contributed by atoms with Crippen molar-refractivity contribution in [1.29, 1.82) is 0 Å². The average molecular weight is 282 g/mol. The second kappa shape index (κ2) is 7.60. The molecule has 0 fully saturated rings. The standard InChI is InChI=1S/C18H22N2O/c1-20(13-12-15-8-4-2-5-9-15)18(21)14-17(19)16-10-6-3-7-11-16/h2-11,17H,12-14,19H2,1H3. The second-order valence-corrected chi connectivity index (χ2v) is 5.27. The molecule has 2 aromatic rings. The number of nitrogens with zero attached hydrogens (tertiary/aromatic N) is 1. The lowest BCUT2D eigenvalue weighted by atomic mass is 10.0. The van der Waals surface area contributed by atoms with Crippen molar-refractivity contribution in [3.8, 4) is 0 Å². The lowest BCUT2D eigenvalue weighted by Gasteiger charge is -2.20. The predicted molar refractivity (Wildman–Crippen MR) is 85.8 cm³/mol. The fourth-order valence-corrected chi connectivity index (χ4v) is 2.23. The van der Waals surface area contributed by atoms with E-state index in [0.717, 1.165) is 12.0 Å². The van der Waals surface area contributed by atoms with Gasteiger partial charge in [0.1, 0.15) is 0 Å². The maximum absolute atomic E-state index is 12.2. The SMILES string of the molecule is CN(CCc1ccccc1)C(=O)CC(N)c1ccccc1. The van der Waals surface area contributed by atoms with E-state index < -0.39 is 0 Å². The topological polar surface area (TPSA) is 46.3 Å². The van der Waals surface area contributed by atoms with Crippen molar-refractivity contribution in [3.63, 3.8) is 0 Å². The van der Waals surface area contributed by atoms with Gasteiger partial charge in [-0.3, -0.25) is 4.79 Å². The zero-order valence-corrected chi connectivity index (χ0v) is 12.4. The minimum atomic E-state index is -0.238. The van der Waals surface area contributed by atoms with Crippen LogP contribution < -0.4 is 5.73 Å². The Morgan fingerprint density at radius 3 is 2.24 bits per heavy atom. The Morgan fingerprint density at radius 2 is 1.62 bits per heavy atom.